The molecule has 1 atom stereocenters. The zero-order valence-electron chi connectivity index (χ0n) is 13.7. The molecule has 0 aliphatic rings. The van der Waals surface area contributed by atoms with Gasteiger partial charge in [-0.2, -0.15) is 4.68 Å². The largest absolute Gasteiger partial charge is 0.325 e. The minimum absolute atomic E-state index is 0.147. The van der Waals surface area contributed by atoms with Crippen molar-refractivity contribution < 1.29 is 4.79 Å². The van der Waals surface area contributed by atoms with Gasteiger partial charge in [0.2, 0.25) is 11.1 Å². The first-order valence-electron chi connectivity index (χ1n) is 7.61. The number of nitrogens with one attached hydrogen (secondary N) is 1. The Bertz CT molecular complexity index is 881. The van der Waals surface area contributed by atoms with Gasteiger partial charge in [0, 0.05) is 10.7 Å². The van der Waals surface area contributed by atoms with Crippen molar-refractivity contribution in [1.29, 1.82) is 0 Å². The first-order chi connectivity index (χ1) is 12.0. The van der Waals surface area contributed by atoms with Crippen LogP contribution in [0.25, 0.3) is 5.69 Å². The number of thioether (sulfide) groups is 1. The van der Waals surface area contributed by atoms with Crippen LogP contribution in [-0.4, -0.2) is 31.4 Å². The third kappa shape index (κ3) is 4.37. The molecule has 0 aliphatic heterocycles. The summed E-state index contributed by atoms with van der Waals surface area (Å²) in [6.07, 6.45) is 0. The lowest BCUT2D eigenvalue weighted by Crippen LogP contribution is -2.22. The predicted molar refractivity (Wildman–Crippen MR) is 99.3 cm³/mol. The van der Waals surface area contributed by atoms with Crippen LogP contribution in [0.15, 0.2) is 53.7 Å². The maximum absolute atomic E-state index is 12.4. The number of aryl methyl sites for hydroxylation is 1. The molecule has 0 fully saturated rings. The lowest BCUT2D eigenvalue weighted by Gasteiger charge is -2.12. The third-order valence-corrected chi connectivity index (χ3v) is 4.73. The van der Waals surface area contributed by atoms with Gasteiger partial charge in [0.05, 0.1) is 10.9 Å². The summed E-state index contributed by atoms with van der Waals surface area (Å²) in [5, 5.41) is 15.3. The van der Waals surface area contributed by atoms with Gasteiger partial charge in [-0.05, 0) is 54.6 Å². The molecule has 1 N–H and O–H groups in total. The van der Waals surface area contributed by atoms with E-state index >= 15 is 0 Å². The number of nitrogens with zero attached hydrogens (tertiary/aromatic N) is 4. The maximum atomic E-state index is 12.4. The normalized spacial score (nSPS) is 12.0. The van der Waals surface area contributed by atoms with Gasteiger partial charge in [0.25, 0.3) is 0 Å². The van der Waals surface area contributed by atoms with E-state index in [4.69, 9.17) is 11.6 Å². The fraction of sp³-hybridized carbons (Fsp3) is 0.176. The molecule has 0 unspecified atom stereocenters. The van der Waals surface area contributed by atoms with Gasteiger partial charge in [-0.15, -0.1) is 5.10 Å². The van der Waals surface area contributed by atoms with Gasteiger partial charge >= 0.3 is 0 Å². The SMILES string of the molecule is Cc1ccc(-n2nnnc2S[C@@H](C)C(=O)Nc2cccc(Cl)c2)cc1. The standard InChI is InChI=1S/C17H16ClN5OS/c1-11-6-8-15(9-7-11)23-17(20-21-22-23)25-12(2)16(24)19-14-5-3-4-13(18)10-14/h3-10,12H,1-2H3,(H,19,24)/t12-/m0/s1. The van der Waals surface area contributed by atoms with Crippen molar-refractivity contribution in [2.75, 3.05) is 5.32 Å². The highest BCUT2D eigenvalue weighted by Gasteiger charge is 2.19. The second kappa shape index (κ2) is 7.67. The molecule has 0 spiro atoms. The monoisotopic (exact) mass is 373 g/mol. The number of hydrogen-bond acceptors (Lipinski definition) is 5. The number of amides is 1. The van der Waals surface area contributed by atoms with Crippen LogP contribution in [0.5, 0.6) is 0 Å². The zero-order chi connectivity index (χ0) is 17.8. The number of hydrogen-bond donors (Lipinski definition) is 1. The molecule has 0 bridgehead atoms. The van der Waals surface area contributed by atoms with Crippen LogP contribution < -0.4 is 5.32 Å². The molecule has 25 heavy (non-hydrogen) atoms. The molecule has 1 aromatic heterocycles. The number of carbonyl (C=O) groups excluding carboxylic acids is 1. The van der Waals surface area contributed by atoms with E-state index in [1.807, 2.05) is 31.2 Å². The summed E-state index contributed by atoms with van der Waals surface area (Å²) in [7, 11) is 0. The molecule has 8 heteroatoms. The molecule has 3 aromatic rings. The van der Waals surface area contributed by atoms with Crippen LogP contribution in [0.1, 0.15) is 12.5 Å². The Hall–Kier alpha value is -2.38. The highest BCUT2D eigenvalue weighted by molar-refractivity contribution is 8.00. The fourth-order valence-corrected chi connectivity index (χ4v) is 3.12. The predicted octanol–water partition coefficient (Wildman–Crippen LogP) is 3.74. The number of aromatic nitrogens is 4. The van der Waals surface area contributed by atoms with Crippen molar-refractivity contribution in [1.82, 2.24) is 20.2 Å². The summed E-state index contributed by atoms with van der Waals surface area (Å²) in [6, 6.07) is 14.9. The molecule has 1 heterocycles. The van der Waals surface area contributed by atoms with Crippen LogP contribution in [0, 0.1) is 6.92 Å². The Morgan fingerprint density at radius 3 is 2.72 bits per heavy atom. The van der Waals surface area contributed by atoms with Gasteiger partial charge in [0.15, 0.2) is 0 Å². The lowest BCUT2D eigenvalue weighted by molar-refractivity contribution is -0.115. The third-order valence-electron chi connectivity index (χ3n) is 3.46. The topological polar surface area (TPSA) is 72.7 Å². The second-order valence-electron chi connectivity index (χ2n) is 5.47. The van der Waals surface area contributed by atoms with Crippen molar-refractivity contribution >= 4 is 35.0 Å². The van der Waals surface area contributed by atoms with Crippen molar-refractivity contribution in [3.8, 4) is 5.69 Å². The number of tetrazole rings is 1. The molecule has 128 valence electrons. The summed E-state index contributed by atoms with van der Waals surface area (Å²) in [5.74, 6) is -0.147. The van der Waals surface area contributed by atoms with E-state index < -0.39 is 0 Å². The smallest absolute Gasteiger partial charge is 0.237 e. The number of halogens is 1. The minimum Gasteiger partial charge on any atom is -0.325 e. The molecule has 0 saturated carbocycles. The molecule has 0 radical (unpaired) electrons. The number of carbonyl (C=O) groups is 1. The number of benzene rings is 2. The van der Waals surface area contributed by atoms with E-state index in [1.54, 1.807) is 35.9 Å². The molecular weight excluding hydrogens is 358 g/mol. The van der Waals surface area contributed by atoms with Crippen molar-refractivity contribution in [3.63, 3.8) is 0 Å². The summed E-state index contributed by atoms with van der Waals surface area (Å²) in [4.78, 5) is 12.4. The number of rotatable bonds is 5. The van der Waals surface area contributed by atoms with E-state index in [9.17, 15) is 4.79 Å². The van der Waals surface area contributed by atoms with Gasteiger partial charge in [0.1, 0.15) is 0 Å². The summed E-state index contributed by atoms with van der Waals surface area (Å²) in [6.45, 7) is 3.82. The van der Waals surface area contributed by atoms with Crippen LogP contribution in [-0.2, 0) is 4.79 Å². The van der Waals surface area contributed by atoms with E-state index in [1.165, 1.54) is 11.8 Å². The summed E-state index contributed by atoms with van der Waals surface area (Å²) >= 11 is 7.23. The first kappa shape index (κ1) is 17.4. The number of anilines is 1. The molecule has 3 rings (SSSR count). The van der Waals surface area contributed by atoms with Crippen molar-refractivity contribution in [3.05, 3.63) is 59.1 Å². The molecular formula is C17H16ClN5OS. The lowest BCUT2D eigenvalue weighted by atomic mass is 10.2. The maximum Gasteiger partial charge on any atom is 0.237 e. The Balaban J connectivity index is 1.71. The first-order valence-corrected chi connectivity index (χ1v) is 8.87. The van der Waals surface area contributed by atoms with Crippen molar-refractivity contribution in [2.24, 2.45) is 0 Å². The van der Waals surface area contributed by atoms with Gasteiger partial charge < -0.3 is 5.32 Å². The second-order valence-corrected chi connectivity index (χ2v) is 7.21. The molecule has 0 saturated heterocycles. The highest BCUT2D eigenvalue weighted by atomic mass is 35.5. The molecule has 1 amide bonds. The van der Waals surface area contributed by atoms with Crippen molar-refractivity contribution in [2.45, 2.75) is 24.3 Å². The molecule has 2 aromatic carbocycles. The van der Waals surface area contributed by atoms with Gasteiger partial charge in [-0.1, -0.05) is 47.1 Å². The summed E-state index contributed by atoms with van der Waals surface area (Å²) < 4.78 is 1.62. The quantitative estimate of drug-likeness (QED) is 0.689. The van der Waals surface area contributed by atoms with Crippen LogP contribution in [0.3, 0.4) is 0 Å². The molecule has 6 nitrogen and oxygen atoms in total. The van der Waals surface area contributed by atoms with Crippen LogP contribution in [0.2, 0.25) is 5.02 Å². The van der Waals surface area contributed by atoms with E-state index in [2.05, 4.69) is 20.8 Å². The van der Waals surface area contributed by atoms with Gasteiger partial charge in [-0.3, -0.25) is 4.79 Å². The Kier molecular flexibility index (Phi) is 5.35. The van der Waals surface area contributed by atoms with E-state index in [-0.39, 0.29) is 11.2 Å². The van der Waals surface area contributed by atoms with Crippen LogP contribution in [0.4, 0.5) is 5.69 Å². The zero-order valence-corrected chi connectivity index (χ0v) is 15.3. The minimum atomic E-state index is -0.380. The fourth-order valence-electron chi connectivity index (χ4n) is 2.12. The van der Waals surface area contributed by atoms with E-state index in [0.29, 0.717) is 15.9 Å². The van der Waals surface area contributed by atoms with Gasteiger partial charge in [-0.25, -0.2) is 0 Å². The Labute approximate surface area is 154 Å². The van der Waals surface area contributed by atoms with Crippen LogP contribution >= 0.6 is 23.4 Å². The highest BCUT2D eigenvalue weighted by Crippen LogP contribution is 2.24. The summed E-state index contributed by atoms with van der Waals surface area (Å²) in [5.41, 5.74) is 2.66. The van der Waals surface area contributed by atoms with E-state index in [0.717, 1.165) is 11.3 Å². The average molecular weight is 374 g/mol. The average Bonchev–Trinajstić information content (AvgIpc) is 3.03. The molecule has 0 aliphatic carbocycles. The Morgan fingerprint density at radius 1 is 1.24 bits per heavy atom. The Morgan fingerprint density at radius 2 is 2.00 bits per heavy atom.